The number of hydrogen-bond acceptors (Lipinski definition) is 0. The third-order valence-electron chi connectivity index (χ3n) is 11.8. The maximum atomic E-state index is 2.64. The molecule has 0 heteroatoms. The summed E-state index contributed by atoms with van der Waals surface area (Å²) in [7, 11) is 0. The summed E-state index contributed by atoms with van der Waals surface area (Å²) < 4.78 is 0. The fourth-order valence-corrected chi connectivity index (χ4v) is 11.3. The summed E-state index contributed by atoms with van der Waals surface area (Å²) in [6.45, 7) is 0. The van der Waals surface area contributed by atoms with Crippen LogP contribution in [-0.4, -0.2) is 0 Å². The molecule has 150 valence electrons. The molecule has 7 aliphatic rings. The molecule has 0 saturated heterocycles. The highest BCUT2D eigenvalue weighted by molar-refractivity contribution is 5.81. The molecule has 0 heterocycles. The molecular formula is C30H30. The van der Waals surface area contributed by atoms with Gasteiger partial charge in [0, 0.05) is 5.41 Å². The van der Waals surface area contributed by atoms with Crippen molar-refractivity contribution in [3.63, 3.8) is 0 Å². The molecule has 0 N–H and O–H groups in total. The lowest BCUT2D eigenvalue weighted by atomic mass is 9.67. The van der Waals surface area contributed by atoms with Crippen LogP contribution in [0.4, 0.5) is 0 Å². The molecule has 2 aromatic rings. The maximum absolute atomic E-state index is 2.64. The minimum Gasteiger partial charge on any atom is -0.0848 e. The summed E-state index contributed by atoms with van der Waals surface area (Å²) >= 11 is 0. The first-order chi connectivity index (χ1) is 14.8. The monoisotopic (exact) mass is 390 g/mol. The van der Waals surface area contributed by atoms with E-state index in [1.807, 2.05) is 0 Å². The summed E-state index contributed by atoms with van der Waals surface area (Å²) in [6, 6.07) is 18.9. The van der Waals surface area contributed by atoms with E-state index in [0.717, 1.165) is 59.2 Å². The Hall–Kier alpha value is -1.82. The van der Waals surface area contributed by atoms with Gasteiger partial charge in [0.25, 0.3) is 0 Å². The molecule has 2 aromatic carbocycles. The molecule has 30 heavy (non-hydrogen) atoms. The van der Waals surface area contributed by atoms with Crippen LogP contribution in [-0.2, 0) is 5.41 Å². The first-order valence-corrected chi connectivity index (χ1v) is 12.7. The van der Waals surface area contributed by atoms with Crippen molar-refractivity contribution in [3.05, 3.63) is 71.8 Å². The zero-order valence-electron chi connectivity index (χ0n) is 17.6. The van der Waals surface area contributed by atoms with Crippen LogP contribution in [0, 0.1) is 59.2 Å². The lowest BCUT2D eigenvalue weighted by Gasteiger charge is -2.38. The Balaban J connectivity index is 1.16. The molecule has 0 aliphatic heterocycles. The Morgan fingerprint density at radius 2 is 1.13 bits per heavy atom. The van der Waals surface area contributed by atoms with Gasteiger partial charge in [0.2, 0.25) is 0 Å². The van der Waals surface area contributed by atoms with Gasteiger partial charge in [-0.1, -0.05) is 60.7 Å². The third kappa shape index (κ3) is 1.56. The van der Waals surface area contributed by atoms with Crippen LogP contribution in [0.25, 0.3) is 11.1 Å². The number of allylic oxidation sites excluding steroid dienone is 2. The van der Waals surface area contributed by atoms with E-state index in [-0.39, 0.29) is 0 Å². The molecular weight excluding hydrogens is 360 g/mol. The fraction of sp³-hybridized carbons (Fsp3) is 0.533. The van der Waals surface area contributed by atoms with Gasteiger partial charge in [-0.2, -0.15) is 0 Å². The minimum absolute atomic E-state index is 0.325. The molecule has 5 saturated carbocycles. The second-order valence-electron chi connectivity index (χ2n) is 12.1. The number of benzene rings is 2. The second-order valence-corrected chi connectivity index (χ2v) is 12.1. The van der Waals surface area contributed by atoms with Crippen molar-refractivity contribution in [3.8, 4) is 11.1 Å². The van der Waals surface area contributed by atoms with Gasteiger partial charge in [-0.25, -0.2) is 0 Å². The van der Waals surface area contributed by atoms with Crippen LogP contribution >= 0.6 is 0 Å². The van der Waals surface area contributed by atoms with Crippen molar-refractivity contribution in [1.82, 2.24) is 0 Å². The molecule has 9 rings (SSSR count). The first-order valence-electron chi connectivity index (χ1n) is 12.7. The van der Waals surface area contributed by atoms with Gasteiger partial charge in [-0.15, -0.1) is 0 Å². The molecule has 4 bridgehead atoms. The van der Waals surface area contributed by atoms with Crippen LogP contribution < -0.4 is 0 Å². The Morgan fingerprint density at radius 1 is 0.533 bits per heavy atom. The van der Waals surface area contributed by atoms with E-state index in [1.54, 1.807) is 35.1 Å². The molecule has 0 aromatic heterocycles. The Bertz CT molecular complexity index is 1080. The predicted octanol–water partition coefficient (Wildman–Crippen LogP) is 6.70. The molecule has 10 atom stereocenters. The Kier molecular flexibility index (Phi) is 2.64. The van der Waals surface area contributed by atoms with Crippen molar-refractivity contribution < 1.29 is 0 Å². The highest BCUT2D eigenvalue weighted by Crippen LogP contribution is 2.76. The standard InChI is InChI=1S/C30H30/c1-3-7-26-18(5-1)19-6-2-4-8-27(19)30(26)14-24-21-13-23(25(24)15-30)29-22(21)12-20-16-9-10-17(11-16)28(20)29/h1-10,16-17,20-25,28-29H,11-15H2. The highest BCUT2D eigenvalue weighted by atomic mass is 14.7. The van der Waals surface area contributed by atoms with Crippen LogP contribution in [0.1, 0.15) is 43.2 Å². The minimum atomic E-state index is 0.325. The number of hydrogen-bond donors (Lipinski definition) is 0. The highest BCUT2D eigenvalue weighted by Gasteiger charge is 2.70. The molecule has 5 fully saturated rings. The summed E-state index contributed by atoms with van der Waals surface area (Å²) in [6.07, 6.45) is 12.8. The molecule has 0 radical (unpaired) electrons. The summed E-state index contributed by atoms with van der Waals surface area (Å²) in [5, 5.41) is 0. The van der Waals surface area contributed by atoms with Gasteiger partial charge in [-0.3, -0.25) is 0 Å². The molecule has 10 unspecified atom stereocenters. The average Bonchev–Trinajstić information content (AvgIpc) is 3.59. The van der Waals surface area contributed by atoms with Crippen LogP contribution in [0.15, 0.2) is 60.7 Å². The lowest BCUT2D eigenvalue weighted by Crippen LogP contribution is -2.33. The van der Waals surface area contributed by atoms with Crippen LogP contribution in [0.5, 0.6) is 0 Å². The second kappa shape index (κ2) is 4.98. The van der Waals surface area contributed by atoms with E-state index in [0.29, 0.717) is 5.41 Å². The van der Waals surface area contributed by atoms with E-state index >= 15 is 0 Å². The number of rotatable bonds is 0. The smallest absolute Gasteiger partial charge is 0.0220 e. The topological polar surface area (TPSA) is 0 Å². The van der Waals surface area contributed by atoms with Crippen LogP contribution in [0.2, 0.25) is 0 Å². The predicted molar refractivity (Wildman–Crippen MR) is 120 cm³/mol. The normalized spacial score (nSPS) is 48.8. The summed E-state index contributed by atoms with van der Waals surface area (Å²) in [5.41, 5.74) is 6.75. The van der Waals surface area contributed by atoms with Crippen molar-refractivity contribution in [2.75, 3.05) is 0 Å². The van der Waals surface area contributed by atoms with E-state index in [4.69, 9.17) is 0 Å². The van der Waals surface area contributed by atoms with Gasteiger partial charge in [0.15, 0.2) is 0 Å². The van der Waals surface area contributed by atoms with E-state index in [9.17, 15) is 0 Å². The maximum Gasteiger partial charge on any atom is 0.0220 e. The quantitative estimate of drug-likeness (QED) is 0.439. The van der Waals surface area contributed by atoms with Crippen molar-refractivity contribution in [1.29, 1.82) is 0 Å². The van der Waals surface area contributed by atoms with Crippen molar-refractivity contribution in [2.24, 2.45) is 59.2 Å². The Morgan fingerprint density at radius 3 is 1.90 bits per heavy atom. The Labute approximate surface area is 179 Å². The van der Waals surface area contributed by atoms with E-state index < -0.39 is 0 Å². The van der Waals surface area contributed by atoms with Crippen molar-refractivity contribution >= 4 is 0 Å². The molecule has 1 spiro atoms. The SMILES string of the molecule is C1=CC2CC1C1CC3C4CC(C5CC6(CC54)c4ccccc4-c4ccccc46)C3C21. The average molecular weight is 391 g/mol. The largest absolute Gasteiger partial charge is 0.0848 e. The van der Waals surface area contributed by atoms with Crippen molar-refractivity contribution in [2.45, 2.75) is 37.5 Å². The first kappa shape index (κ1) is 15.9. The third-order valence-corrected chi connectivity index (χ3v) is 11.8. The zero-order valence-corrected chi connectivity index (χ0v) is 17.6. The molecule has 0 amide bonds. The summed E-state index contributed by atoms with van der Waals surface area (Å²) in [5.74, 6) is 10.3. The van der Waals surface area contributed by atoms with Gasteiger partial charge < -0.3 is 0 Å². The van der Waals surface area contributed by atoms with Gasteiger partial charge in [0.1, 0.15) is 0 Å². The van der Waals surface area contributed by atoms with Gasteiger partial charge in [0.05, 0.1) is 0 Å². The van der Waals surface area contributed by atoms with E-state index in [2.05, 4.69) is 60.7 Å². The van der Waals surface area contributed by atoms with Gasteiger partial charge >= 0.3 is 0 Å². The number of fused-ring (bicyclic) bond motifs is 19. The lowest BCUT2D eigenvalue weighted by molar-refractivity contribution is 0.102. The molecule has 7 aliphatic carbocycles. The zero-order chi connectivity index (χ0) is 19.2. The molecule has 0 nitrogen and oxygen atoms in total. The fourth-order valence-electron chi connectivity index (χ4n) is 11.3. The van der Waals surface area contributed by atoms with Gasteiger partial charge in [-0.05, 0) is 114 Å². The summed E-state index contributed by atoms with van der Waals surface area (Å²) in [4.78, 5) is 0. The van der Waals surface area contributed by atoms with Crippen LogP contribution in [0.3, 0.4) is 0 Å². The van der Waals surface area contributed by atoms with E-state index in [1.165, 1.54) is 19.3 Å².